The molecule has 130 valence electrons. The maximum atomic E-state index is 12.1. The van der Waals surface area contributed by atoms with Crippen molar-refractivity contribution in [2.24, 2.45) is 0 Å². The molecule has 1 aromatic heterocycles. The van der Waals surface area contributed by atoms with Crippen molar-refractivity contribution in [3.05, 3.63) is 46.2 Å². The van der Waals surface area contributed by atoms with E-state index in [-0.39, 0.29) is 24.0 Å². The van der Waals surface area contributed by atoms with Crippen molar-refractivity contribution in [1.82, 2.24) is 0 Å². The maximum absolute atomic E-state index is 12.1. The molecule has 0 radical (unpaired) electrons. The maximum Gasteiger partial charge on any atom is 0.234 e. The topological polar surface area (TPSA) is 75.3 Å². The summed E-state index contributed by atoms with van der Waals surface area (Å²) < 4.78 is 0. The number of nitrogens with one attached hydrogen (secondary N) is 2. The third-order valence-electron chi connectivity index (χ3n) is 4.40. The van der Waals surface area contributed by atoms with Gasteiger partial charge in [-0.2, -0.15) is 0 Å². The number of anilines is 2. The second-order valence-electron chi connectivity index (χ2n) is 6.64. The zero-order valence-corrected chi connectivity index (χ0v) is 15.0. The van der Waals surface area contributed by atoms with Gasteiger partial charge in [0.2, 0.25) is 11.8 Å². The van der Waals surface area contributed by atoms with Gasteiger partial charge >= 0.3 is 0 Å². The Kier molecular flexibility index (Phi) is 4.72. The molecule has 0 aliphatic carbocycles. The summed E-state index contributed by atoms with van der Waals surface area (Å²) in [6.45, 7) is 3.71. The van der Waals surface area contributed by atoms with E-state index in [4.69, 9.17) is 0 Å². The molecule has 2 heterocycles. The Hall–Kier alpha value is -2.47. The van der Waals surface area contributed by atoms with E-state index in [1.165, 1.54) is 11.3 Å². The van der Waals surface area contributed by atoms with Gasteiger partial charge in [0.1, 0.15) is 0 Å². The van der Waals surface area contributed by atoms with Crippen LogP contribution in [-0.4, -0.2) is 17.6 Å². The first-order chi connectivity index (χ1) is 11.9. The number of thiophene rings is 1. The third kappa shape index (κ3) is 3.64. The summed E-state index contributed by atoms with van der Waals surface area (Å²) in [5.41, 5.74) is 1.72. The molecular formula is C19H20N2O3S. The second-order valence-corrected chi connectivity index (χ2v) is 7.59. The van der Waals surface area contributed by atoms with Crippen LogP contribution in [0.2, 0.25) is 0 Å². The molecule has 3 rings (SSSR count). The van der Waals surface area contributed by atoms with E-state index in [9.17, 15) is 14.4 Å². The molecule has 0 spiro atoms. The molecule has 1 aliphatic heterocycles. The predicted octanol–water partition coefficient (Wildman–Crippen LogP) is 3.97. The van der Waals surface area contributed by atoms with E-state index >= 15 is 0 Å². The summed E-state index contributed by atoms with van der Waals surface area (Å²) in [6.07, 6.45) is 1.16. The number of fused-ring (bicyclic) bond motifs is 1. The molecule has 2 amide bonds. The second kappa shape index (κ2) is 6.80. The Morgan fingerprint density at radius 3 is 2.72 bits per heavy atom. The monoisotopic (exact) mass is 356 g/mol. The number of Topliss-reactive ketones (excluding diaryl/α,β-unsaturated/α-hetero) is 1. The number of hydrogen-bond donors (Lipinski definition) is 2. The fourth-order valence-corrected chi connectivity index (χ4v) is 3.54. The van der Waals surface area contributed by atoms with E-state index in [1.807, 2.05) is 31.4 Å². The summed E-state index contributed by atoms with van der Waals surface area (Å²) in [5.74, 6) is -0.0984. The lowest BCUT2D eigenvalue weighted by molar-refractivity contribution is -0.119. The van der Waals surface area contributed by atoms with Gasteiger partial charge in [-0.25, -0.2) is 0 Å². The number of rotatable bonds is 6. The zero-order chi connectivity index (χ0) is 18.0. The normalized spacial score (nSPS) is 14.7. The van der Waals surface area contributed by atoms with Gasteiger partial charge in [-0.1, -0.05) is 6.07 Å². The van der Waals surface area contributed by atoms with E-state index in [0.29, 0.717) is 18.5 Å². The molecule has 0 saturated heterocycles. The van der Waals surface area contributed by atoms with Gasteiger partial charge < -0.3 is 10.6 Å². The first-order valence-corrected chi connectivity index (χ1v) is 9.08. The average Bonchev–Trinajstić information content (AvgIpc) is 3.16. The fraction of sp³-hybridized carbons (Fsp3) is 0.316. The molecule has 2 N–H and O–H groups in total. The fourth-order valence-electron chi connectivity index (χ4n) is 2.84. The number of benzene rings is 1. The highest BCUT2D eigenvalue weighted by Gasteiger charge is 2.38. The van der Waals surface area contributed by atoms with Crippen LogP contribution in [0.3, 0.4) is 0 Å². The largest absolute Gasteiger partial charge is 0.326 e. The smallest absolute Gasteiger partial charge is 0.234 e. The average molecular weight is 356 g/mol. The Morgan fingerprint density at radius 2 is 2.00 bits per heavy atom. The number of hydrogen-bond acceptors (Lipinski definition) is 4. The zero-order valence-electron chi connectivity index (χ0n) is 14.2. The van der Waals surface area contributed by atoms with Crippen LogP contribution in [0.5, 0.6) is 0 Å². The molecular weight excluding hydrogens is 336 g/mol. The lowest BCUT2D eigenvalue weighted by Crippen LogP contribution is -2.26. The number of carbonyl (C=O) groups is 3. The van der Waals surface area contributed by atoms with Crippen molar-refractivity contribution in [3.63, 3.8) is 0 Å². The first-order valence-electron chi connectivity index (χ1n) is 8.20. The van der Waals surface area contributed by atoms with Crippen molar-refractivity contribution >= 4 is 40.3 Å². The van der Waals surface area contributed by atoms with Crippen molar-refractivity contribution in [2.45, 2.75) is 38.5 Å². The van der Waals surface area contributed by atoms with Gasteiger partial charge in [0.25, 0.3) is 0 Å². The van der Waals surface area contributed by atoms with Crippen LogP contribution in [0, 0.1) is 0 Å². The molecule has 2 aromatic rings. The SMILES string of the molecule is CC1(C)C(=O)Nc2ccc(NC(=O)CCCC(=O)c3cccs3)cc21. The lowest BCUT2D eigenvalue weighted by atomic mass is 9.86. The van der Waals surface area contributed by atoms with Gasteiger partial charge in [0.15, 0.2) is 5.78 Å². The molecule has 0 atom stereocenters. The van der Waals surface area contributed by atoms with Crippen LogP contribution < -0.4 is 10.6 Å². The summed E-state index contributed by atoms with van der Waals surface area (Å²) in [4.78, 5) is 36.7. The standard InChI is InChI=1S/C19H20N2O3S/c1-19(2)13-11-12(8-9-14(13)21-18(19)24)20-17(23)7-3-5-15(22)16-6-4-10-25-16/h4,6,8-11H,3,5,7H2,1-2H3,(H,20,23)(H,21,24). The van der Waals surface area contributed by atoms with E-state index < -0.39 is 5.41 Å². The van der Waals surface area contributed by atoms with Crippen LogP contribution in [0.15, 0.2) is 35.7 Å². The lowest BCUT2D eigenvalue weighted by Gasteiger charge is -2.16. The van der Waals surface area contributed by atoms with E-state index in [0.717, 1.165) is 16.1 Å². The quantitative estimate of drug-likeness (QED) is 0.769. The first kappa shape index (κ1) is 17.4. The summed E-state index contributed by atoms with van der Waals surface area (Å²) >= 11 is 1.42. The van der Waals surface area contributed by atoms with Crippen LogP contribution in [-0.2, 0) is 15.0 Å². The molecule has 25 heavy (non-hydrogen) atoms. The van der Waals surface area contributed by atoms with Gasteiger partial charge in [0, 0.05) is 24.2 Å². The molecule has 0 unspecified atom stereocenters. The van der Waals surface area contributed by atoms with Crippen molar-refractivity contribution in [1.29, 1.82) is 0 Å². The van der Waals surface area contributed by atoms with Crippen molar-refractivity contribution in [2.75, 3.05) is 10.6 Å². The summed E-state index contributed by atoms with van der Waals surface area (Å²) in [7, 11) is 0. The Bertz CT molecular complexity index is 825. The van der Waals surface area contributed by atoms with Crippen LogP contribution in [0.1, 0.15) is 48.3 Å². The molecule has 0 fully saturated rings. The number of amides is 2. The molecule has 1 aliphatic rings. The highest BCUT2D eigenvalue weighted by atomic mass is 32.1. The van der Waals surface area contributed by atoms with Crippen LogP contribution in [0.4, 0.5) is 11.4 Å². The van der Waals surface area contributed by atoms with Crippen molar-refractivity contribution in [3.8, 4) is 0 Å². The van der Waals surface area contributed by atoms with E-state index in [1.54, 1.807) is 18.2 Å². The molecule has 1 aromatic carbocycles. The van der Waals surface area contributed by atoms with Gasteiger partial charge in [-0.15, -0.1) is 11.3 Å². The third-order valence-corrected chi connectivity index (χ3v) is 5.31. The molecule has 0 bridgehead atoms. The minimum absolute atomic E-state index is 0.0435. The Balaban J connectivity index is 1.55. The van der Waals surface area contributed by atoms with Crippen molar-refractivity contribution < 1.29 is 14.4 Å². The number of ketones is 1. The number of carbonyl (C=O) groups excluding carboxylic acids is 3. The molecule has 0 saturated carbocycles. The van der Waals surface area contributed by atoms with E-state index in [2.05, 4.69) is 10.6 Å². The predicted molar refractivity (Wildman–Crippen MR) is 99.2 cm³/mol. The Morgan fingerprint density at radius 1 is 1.20 bits per heavy atom. The van der Waals surface area contributed by atoms with Gasteiger partial charge in [-0.3, -0.25) is 14.4 Å². The van der Waals surface area contributed by atoms with Crippen LogP contribution in [0.25, 0.3) is 0 Å². The summed E-state index contributed by atoms with van der Waals surface area (Å²) in [5, 5.41) is 7.56. The summed E-state index contributed by atoms with van der Waals surface area (Å²) in [6, 6.07) is 9.06. The van der Waals surface area contributed by atoms with Gasteiger partial charge in [-0.05, 0) is 55.5 Å². The highest BCUT2D eigenvalue weighted by molar-refractivity contribution is 7.12. The molecule has 6 heteroatoms. The van der Waals surface area contributed by atoms with Crippen LogP contribution >= 0.6 is 11.3 Å². The minimum Gasteiger partial charge on any atom is -0.326 e. The minimum atomic E-state index is -0.608. The van der Waals surface area contributed by atoms with Gasteiger partial charge in [0.05, 0.1) is 10.3 Å². The Labute approximate surface area is 150 Å². The highest BCUT2D eigenvalue weighted by Crippen LogP contribution is 2.38. The molecule has 5 nitrogen and oxygen atoms in total.